The van der Waals surface area contributed by atoms with Crippen molar-refractivity contribution in [3.05, 3.63) is 71.9 Å². The molecule has 1 saturated carbocycles. The fourth-order valence-corrected chi connectivity index (χ4v) is 5.32. The van der Waals surface area contributed by atoms with Crippen molar-refractivity contribution in [1.29, 1.82) is 0 Å². The summed E-state index contributed by atoms with van der Waals surface area (Å²) in [6.45, 7) is 3.74. The second-order valence-corrected chi connectivity index (χ2v) is 10.7. The van der Waals surface area contributed by atoms with Gasteiger partial charge in [-0.3, -0.25) is 9.59 Å². The van der Waals surface area contributed by atoms with Crippen molar-refractivity contribution in [1.82, 2.24) is 15.6 Å². The molecule has 2 amide bonds. The first kappa shape index (κ1) is 27.2. The normalized spacial score (nSPS) is 19.7. The largest absolute Gasteiger partial charge is 0.481 e. The number of hydrogen-bond donors (Lipinski definition) is 4. The fourth-order valence-electron chi connectivity index (χ4n) is 5.32. The number of carbonyl (C=O) groups is 3. The summed E-state index contributed by atoms with van der Waals surface area (Å²) < 4.78 is 5.79. The predicted molar refractivity (Wildman–Crippen MR) is 146 cm³/mol. The minimum atomic E-state index is -1.38. The molecule has 1 fully saturated rings. The third-order valence-corrected chi connectivity index (χ3v) is 7.47. The molecule has 2 aromatic carbocycles. The Morgan fingerprint density at radius 3 is 2.53 bits per heavy atom. The Morgan fingerprint density at radius 2 is 1.79 bits per heavy atom. The predicted octanol–water partition coefficient (Wildman–Crippen LogP) is 4.98. The molecule has 0 aliphatic heterocycles. The van der Waals surface area contributed by atoms with E-state index in [1.54, 1.807) is 6.92 Å². The van der Waals surface area contributed by atoms with Crippen LogP contribution in [0.5, 0.6) is 0 Å². The summed E-state index contributed by atoms with van der Waals surface area (Å²) in [5.41, 5.74) is 1.32. The SMILES string of the molecule is C[C@H]1CCCC[C@H]1OC(=O)N[C@](C)(Cc1c[nH]c2ccccc12)C(=O)N[C@H](CC(=O)O)Cc1ccccc1. The highest BCUT2D eigenvalue weighted by Gasteiger charge is 2.39. The monoisotopic (exact) mass is 519 g/mol. The van der Waals surface area contributed by atoms with E-state index < -0.39 is 29.6 Å². The van der Waals surface area contributed by atoms with Crippen molar-refractivity contribution in [2.45, 2.75) is 76.5 Å². The highest BCUT2D eigenvalue weighted by atomic mass is 16.6. The molecular formula is C30H37N3O5. The highest BCUT2D eigenvalue weighted by Crippen LogP contribution is 2.27. The maximum Gasteiger partial charge on any atom is 0.408 e. The molecule has 0 spiro atoms. The molecule has 4 atom stereocenters. The van der Waals surface area contributed by atoms with E-state index in [9.17, 15) is 19.5 Å². The topological polar surface area (TPSA) is 121 Å². The first-order chi connectivity index (χ1) is 18.2. The van der Waals surface area contributed by atoms with Crippen molar-refractivity contribution in [3.8, 4) is 0 Å². The maximum atomic E-state index is 13.8. The molecule has 38 heavy (non-hydrogen) atoms. The lowest BCUT2D eigenvalue weighted by Crippen LogP contribution is -2.60. The molecule has 1 aliphatic carbocycles. The Morgan fingerprint density at radius 1 is 1.08 bits per heavy atom. The molecule has 4 N–H and O–H groups in total. The van der Waals surface area contributed by atoms with Crippen LogP contribution >= 0.6 is 0 Å². The van der Waals surface area contributed by atoms with E-state index in [1.807, 2.05) is 60.8 Å². The van der Waals surface area contributed by atoms with Gasteiger partial charge < -0.3 is 25.5 Å². The van der Waals surface area contributed by atoms with Crippen molar-refractivity contribution in [3.63, 3.8) is 0 Å². The minimum absolute atomic E-state index is 0.193. The number of benzene rings is 2. The van der Waals surface area contributed by atoms with Gasteiger partial charge in [0.2, 0.25) is 5.91 Å². The third kappa shape index (κ3) is 6.94. The zero-order valence-corrected chi connectivity index (χ0v) is 22.0. The molecule has 0 unspecified atom stereocenters. The molecule has 0 saturated heterocycles. The lowest BCUT2D eigenvalue weighted by Gasteiger charge is -2.33. The molecule has 1 heterocycles. The molecule has 8 heteroatoms. The Kier molecular flexibility index (Phi) is 8.71. The zero-order chi connectivity index (χ0) is 27.1. The minimum Gasteiger partial charge on any atom is -0.481 e. The molecule has 4 rings (SSSR count). The Balaban J connectivity index is 1.57. The summed E-state index contributed by atoms with van der Waals surface area (Å²) in [5, 5.41) is 16.2. The molecule has 0 bridgehead atoms. The number of carbonyl (C=O) groups excluding carboxylic acids is 2. The van der Waals surface area contributed by atoms with E-state index in [0.717, 1.165) is 47.7 Å². The molecular weight excluding hydrogens is 482 g/mol. The molecule has 3 aromatic rings. The number of alkyl carbamates (subject to hydrolysis) is 1. The van der Waals surface area contributed by atoms with Crippen LogP contribution in [0, 0.1) is 5.92 Å². The van der Waals surface area contributed by atoms with Gasteiger partial charge in [0.05, 0.1) is 6.42 Å². The second kappa shape index (κ2) is 12.2. The smallest absolute Gasteiger partial charge is 0.408 e. The van der Waals surface area contributed by atoms with Gasteiger partial charge in [-0.05, 0) is 55.7 Å². The van der Waals surface area contributed by atoms with Gasteiger partial charge in [-0.1, -0.05) is 61.9 Å². The standard InChI is InChI=1S/C30H37N3O5/c1-20-10-6-9-15-26(20)38-29(37)33-30(2,18-22-19-31-25-14-8-7-13-24(22)25)28(36)32-23(17-27(34)35)16-21-11-4-3-5-12-21/h3-5,7-8,11-14,19-20,23,26,31H,6,9-10,15-18H2,1-2H3,(H,32,36)(H,33,37)(H,34,35)/t20-,23-,26+,30+/m0/s1. The number of hydrogen-bond acceptors (Lipinski definition) is 4. The Hall–Kier alpha value is -3.81. The first-order valence-electron chi connectivity index (χ1n) is 13.3. The molecule has 1 aliphatic rings. The van der Waals surface area contributed by atoms with Crippen molar-refractivity contribution < 1.29 is 24.2 Å². The van der Waals surface area contributed by atoms with E-state index in [-0.39, 0.29) is 24.9 Å². The fraction of sp³-hybridized carbons (Fsp3) is 0.433. The van der Waals surface area contributed by atoms with Crippen LogP contribution in [0.3, 0.4) is 0 Å². The molecule has 1 aromatic heterocycles. The number of carboxylic acid groups (broad SMARTS) is 1. The molecule has 8 nitrogen and oxygen atoms in total. The van der Waals surface area contributed by atoms with Crippen LogP contribution < -0.4 is 10.6 Å². The van der Waals surface area contributed by atoms with E-state index in [0.29, 0.717) is 6.42 Å². The van der Waals surface area contributed by atoms with Crippen LogP contribution in [0.2, 0.25) is 0 Å². The van der Waals surface area contributed by atoms with E-state index in [4.69, 9.17) is 4.74 Å². The number of fused-ring (bicyclic) bond motifs is 1. The van der Waals surface area contributed by atoms with Crippen LogP contribution in [0.4, 0.5) is 4.79 Å². The number of H-pyrrole nitrogens is 1. The Labute approximate surface area is 223 Å². The van der Waals surface area contributed by atoms with Crippen LogP contribution in [-0.2, 0) is 27.2 Å². The number of rotatable bonds is 10. The number of para-hydroxylation sites is 1. The van der Waals surface area contributed by atoms with E-state index >= 15 is 0 Å². The van der Waals surface area contributed by atoms with Crippen LogP contribution in [0.1, 0.15) is 57.1 Å². The lowest BCUT2D eigenvalue weighted by molar-refractivity contribution is -0.138. The summed E-state index contributed by atoms with van der Waals surface area (Å²) in [5.74, 6) is -1.21. The van der Waals surface area contributed by atoms with Gasteiger partial charge in [0.15, 0.2) is 0 Å². The highest BCUT2D eigenvalue weighted by molar-refractivity contribution is 5.92. The number of amides is 2. The lowest BCUT2D eigenvalue weighted by atomic mass is 9.88. The van der Waals surface area contributed by atoms with Crippen LogP contribution in [-0.4, -0.2) is 45.7 Å². The molecule has 0 radical (unpaired) electrons. The summed E-state index contributed by atoms with van der Waals surface area (Å²) in [6.07, 6.45) is 5.25. The average molecular weight is 520 g/mol. The third-order valence-electron chi connectivity index (χ3n) is 7.47. The van der Waals surface area contributed by atoms with Gasteiger partial charge in [-0.25, -0.2) is 4.79 Å². The number of aromatic amines is 1. The summed E-state index contributed by atoms with van der Waals surface area (Å²) in [6, 6.07) is 16.5. The van der Waals surface area contributed by atoms with Gasteiger partial charge in [0.1, 0.15) is 11.6 Å². The van der Waals surface area contributed by atoms with Gasteiger partial charge in [0, 0.05) is 29.6 Å². The van der Waals surface area contributed by atoms with Gasteiger partial charge in [-0.15, -0.1) is 0 Å². The first-order valence-corrected chi connectivity index (χ1v) is 13.3. The number of ether oxygens (including phenoxy) is 1. The number of aliphatic carboxylic acids is 1. The number of aromatic nitrogens is 1. The van der Waals surface area contributed by atoms with Crippen molar-refractivity contribution >= 4 is 28.9 Å². The van der Waals surface area contributed by atoms with E-state index in [2.05, 4.69) is 22.5 Å². The number of nitrogens with one attached hydrogen (secondary N) is 3. The van der Waals surface area contributed by atoms with Crippen LogP contribution in [0.15, 0.2) is 60.8 Å². The van der Waals surface area contributed by atoms with Crippen molar-refractivity contribution in [2.75, 3.05) is 0 Å². The van der Waals surface area contributed by atoms with E-state index in [1.165, 1.54) is 0 Å². The quantitative estimate of drug-likeness (QED) is 0.301. The van der Waals surface area contributed by atoms with Gasteiger partial charge in [-0.2, -0.15) is 0 Å². The van der Waals surface area contributed by atoms with Gasteiger partial charge in [0.25, 0.3) is 0 Å². The van der Waals surface area contributed by atoms with Gasteiger partial charge >= 0.3 is 12.1 Å². The number of carboxylic acids is 1. The summed E-state index contributed by atoms with van der Waals surface area (Å²) in [4.78, 5) is 41.8. The molecule has 202 valence electrons. The maximum absolute atomic E-state index is 13.8. The Bertz CT molecular complexity index is 1260. The zero-order valence-electron chi connectivity index (χ0n) is 22.0. The summed E-state index contributed by atoms with van der Waals surface area (Å²) >= 11 is 0. The van der Waals surface area contributed by atoms with Crippen LogP contribution in [0.25, 0.3) is 10.9 Å². The second-order valence-electron chi connectivity index (χ2n) is 10.7. The average Bonchev–Trinajstić information content (AvgIpc) is 3.28. The van der Waals surface area contributed by atoms with Crippen molar-refractivity contribution in [2.24, 2.45) is 5.92 Å². The summed E-state index contributed by atoms with van der Waals surface area (Å²) in [7, 11) is 0.